The maximum absolute atomic E-state index is 11.6. The van der Waals surface area contributed by atoms with Crippen molar-refractivity contribution < 1.29 is 8.42 Å². The molecule has 0 N–H and O–H groups in total. The number of aromatic nitrogens is 4. The topological polar surface area (TPSA) is 73.0 Å². The molecule has 1 fully saturated rings. The molecule has 0 amide bonds. The van der Waals surface area contributed by atoms with Crippen molar-refractivity contribution in [1.82, 2.24) is 24.2 Å². The number of sulfone groups is 1. The fraction of sp³-hybridized carbons (Fsp3) is 0.500. The molecule has 3 rings (SSSR count). The van der Waals surface area contributed by atoms with Gasteiger partial charge in [-0.1, -0.05) is 0 Å². The van der Waals surface area contributed by atoms with Crippen LogP contribution in [-0.4, -0.2) is 57.2 Å². The lowest BCUT2D eigenvalue weighted by Gasteiger charge is -2.22. The Morgan fingerprint density at radius 2 is 2.26 bits per heavy atom. The number of nitrogens with zero attached hydrogens (tertiary/aromatic N) is 5. The molecule has 124 valence electrons. The predicted octanol–water partition coefficient (Wildman–Crippen LogP) is 1.09. The van der Waals surface area contributed by atoms with Crippen LogP contribution in [0.4, 0.5) is 0 Å². The second-order valence-electron chi connectivity index (χ2n) is 5.86. The first-order chi connectivity index (χ1) is 10.9. The molecule has 0 spiro atoms. The van der Waals surface area contributed by atoms with Gasteiger partial charge in [0.1, 0.15) is 0 Å². The van der Waals surface area contributed by atoms with E-state index in [9.17, 15) is 8.42 Å². The van der Waals surface area contributed by atoms with Gasteiger partial charge >= 0.3 is 0 Å². The third-order valence-electron chi connectivity index (χ3n) is 4.15. The van der Waals surface area contributed by atoms with E-state index in [4.69, 9.17) is 12.2 Å². The van der Waals surface area contributed by atoms with Gasteiger partial charge in [0.2, 0.25) is 0 Å². The van der Waals surface area contributed by atoms with Crippen LogP contribution in [0.3, 0.4) is 0 Å². The van der Waals surface area contributed by atoms with E-state index in [1.807, 2.05) is 35.7 Å². The largest absolute Gasteiger partial charge is 0.303 e. The molecule has 0 aliphatic carbocycles. The van der Waals surface area contributed by atoms with Crippen LogP contribution in [0, 0.1) is 4.77 Å². The molecule has 1 atom stereocenters. The molecule has 2 aromatic rings. The lowest BCUT2D eigenvalue weighted by Crippen LogP contribution is -2.34. The van der Waals surface area contributed by atoms with Crippen LogP contribution in [0.15, 0.2) is 24.5 Å². The number of hydrogen-bond acceptors (Lipinski definition) is 6. The van der Waals surface area contributed by atoms with Crippen LogP contribution in [0.1, 0.15) is 6.42 Å². The first-order valence-corrected chi connectivity index (χ1v) is 9.55. The maximum Gasteiger partial charge on any atom is 0.199 e. The summed E-state index contributed by atoms with van der Waals surface area (Å²) >= 11 is 5.45. The van der Waals surface area contributed by atoms with Gasteiger partial charge < -0.3 is 4.57 Å². The Kier molecular flexibility index (Phi) is 4.35. The zero-order valence-electron chi connectivity index (χ0n) is 13.1. The molecule has 2 aromatic heterocycles. The molecule has 3 heterocycles. The molecule has 0 radical (unpaired) electrons. The zero-order chi connectivity index (χ0) is 16.6. The van der Waals surface area contributed by atoms with Crippen LogP contribution in [-0.2, 0) is 23.6 Å². The van der Waals surface area contributed by atoms with Crippen molar-refractivity contribution >= 4 is 22.1 Å². The lowest BCUT2D eigenvalue weighted by atomic mass is 10.2. The van der Waals surface area contributed by atoms with E-state index < -0.39 is 9.84 Å². The summed E-state index contributed by atoms with van der Waals surface area (Å²) in [5.41, 5.74) is 0.894. The number of hydrogen-bond donors (Lipinski definition) is 0. The van der Waals surface area contributed by atoms with Crippen LogP contribution in [0.25, 0.3) is 11.4 Å². The Morgan fingerprint density at radius 1 is 1.48 bits per heavy atom. The summed E-state index contributed by atoms with van der Waals surface area (Å²) < 4.78 is 27.4. The Hall–Kier alpha value is -1.58. The minimum atomic E-state index is -2.90. The van der Waals surface area contributed by atoms with Crippen molar-refractivity contribution in [3.05, 3.63) is 29.3 Å². The fourth-order valence-electron chi connectivity index (χ4n) is 2.78. The van der Waals surface area contributed by atoms with Gasteiger partial charge in [-0.15, -0.1) is 0 Å². The third kappa shape index (κ3) is 3.36. The second kappa shape index (κ2) is 6.14. The highest BCUT2D eigenvalue weighted by Crippen LogP contribution is 2.19. The molecule has 1 saturated heterocycles. The van der Waals surface area contributed by atoms with Gasteiger partial charge in [-0.25, -0.2) is 13.1 Å². The molecule has 0 aromatic carbocycles. The summed E-state index contributed by atoms with van der Waals surface area (Å²) in [5, 5.41) is 4.57. The van der Waals surface area contributed by atoms with Crippen LogP contribution in [0.5, 0.6) is 0 Å². The second-order valence-corrected chi connectivity index (χ2v) is 8.46. The summed E-state index contributed by atoms with van der Waals surface area (Å²) in [5.74, 6) is 1.21. The Bertz CT molecular complexity index is 857. The average Bonchev–Trinajstić information content (AvgIpc) is 3.02. The lowest BCUT2D eigenvalue weighted by molar-refractivity contribution is 0.196. The van der Waals surface area contributed by atoms with Crippen molar-refractivity contribution in [2.24, 2.45) is 7.05 Å². The van der Waals surface area contributed by atoms with Gasteiger partial charge in [0.25, 0.3) is 0 Å². The Morgan fingerprint density at radius 3 is 2.87 bits per heavy atom. The average molecular weight is 353 g/mol. The van der Waals surface area contributed by atoms with Gasteiger partial charge in [-0.3, -0.25) is 9.88 Å². The van der Waals surface area contributed by atoms with E-state index in [1.54, 1.807) is 17.1 Å². The first-order valence-electron chi connectivity index (χ1n) is 7.32. The molecule has 0 bridgehead atoms. The standard InChI is InChI=1S/C14H19N5O2S2/c1-17(12-5-7-23(20,21)9-12)10-19-14(22)18(2)13(16-19)11-4-3-6-15-8-11/h3-4,6,8,12H,5,7,9-10H2,1-2H3/t12-/m1/s1. The quantitative estimate of drug-likeness (QED) is 0.766. The summed E-state index contributed by atoms with van der Waals surface area (Å²) in [6.07, 6.45) is 4.12. The summed E-state index contributed by atoms with van der Waals surface area (Å²) in [6.45, 7) is 0.465. The maximum atomic E-state index is 11.6. The van der Waals surface area contributed by atoms with Crippen molar-refractivity contribution in [1.29, 1.82) is 0 Å². The molecular formula is C14H19N5O2S2. The van der Waals surface area contributed by atoms with Gasteiger partial charge in [0.15, 0.2) is 20.4 Å². The molecule has 7 nitrogen and oxygen atoms in total. The monoisotopic (exact) mass is 353 g/mol. The fourth-order valence-corrected chi connectivity index (χ4v) is 4.77. The molecule has 1 aliphatic rings. The minimum absolute atomic E-state index is 0.0192. The third-order valence-corrected chi connectivity index (χ3v) is 6.38. The summed E-state index contributed by atoms with van der Waals surface area (Å²) in [4.78, 5) is 6.11. The van der Waals surface area contributed by atoms with Crippen molar-refractivity contribution in [2.75, 3.05) is 18.6 Å². The highest BCUT2D eigenvalue weighted by molar-refractivity contribution is 7.91. The predicted molar refractivity (Wildman–Crippen MR) is 90.1 cm³/mol. The van der Waals surface area contributed by atoms with Gasteiger partial charge in [0.05, 0.1) is 18.2 Å². The van der Waals surface area contributed by atoms with Crippen molar-refractivity contribution in [3.63, 3.8) is 0 Å². The molecule has 0 unspecified atom stereocenters. The summed E-state index contributed by atoms with van der Waals surface area (Å²) in [6, 6.07) is 3.81. The molecule has 1 aliphatic heterocycles. The zero-order valence-corrected chi connectivity index (χ0v) is 14.7. The Balaban J connectivity index is 1.83. The van der Waals surface area contributed by atoms with E-state index in [-0.39, 0.29) is 17.5 Å². The number of pyridine rings is 1. The molecular weight excluding hydrogens is 334 g/mol. The van der Waals surface area contributed by atoms with E-state index in [2.05, 4.69) is 10.1 Å². The van der Waals surface area contributed by atoms with Crippen LogP contribution < -0.4 is 0 Å². The Labute approximate surface area is 140 Å². The van der Waals surface area contributed by atoms with Gasteiger partial charge in [0, 0.05) is 31.0 Å². The SMILES string of the molecule is CN(Cn1nc(-c2cccnc2)n(C)c1=S)[C@@H]1CCS(=O)(=O)C1. The highest BCUT2D eigenvalue weighted by atomic mass is 32.2. The highest BCUT2D eigenvalue weighted by Gasteiger charge is 2.30. The van der Waals surface area contributed by atoms with Gasteiger partial charge in [-0.2, -0.15) is 5.10 Å². The van der Waals surface area contributed by atoms with E-state index >= 15 is 0 Å². The molecule has 9 heteroatoms. The van der Waals surface area contributed by atoms with E-state index in [0.29, 0.717) is 17.9 Å². The van der Waals surface area contributed by atoms with Crippen LogP contribution in [0.2, 0.25) is 0 Å². The van der Waals surface area contributed by atoms with Gasteiger partial charge in [-0.05, 0) is 37.8 Å². The normalized spacial score (nSPS) is 20.2. The van der Waals surface area contributed by atoms with E-state index in [1.165, 1.54) is 0 Å². The first kappa shape index (κ1) is 16.3. The minimum Gasteiger partial charge on any atom is -0.303 e. The smallest absolute Gasteiger partial charge is 0.199 e. The van der Waals surface area contributed by atoms with Crippen molar-refractivity contribution in [3.8, 4) is 11.4 Å². The number of rotatable bonds is 4. The molecule has 23 heavy (non-hydrogen) atoms. The summed E-state index contributed by atoms with van der Waals surface area (Å²) in [7, 11) is 0.878. The van der Waals surface area contributed by atoms with Crippen LogP contribution >= 0.6 is 12.2 Å². The van der Waals surface area contributed by atoms with Crippen molar-refractivity contribution in [2.45, 2.75) is 19.1 Å². The van der Waals surface area contributed by atoms with E-state index in [0.717, 1.165) is 11.4 Å². The molecule has 0 saturated carbocycles.